The maximum absolute atomic E-state index is 12.1. The van der Waals surface area contributed by atoms with Crippen molar-refractivity contribution in [1.29, 1.82) is 0 Å². The van der Waals surface area contributed by atoms with Crippen molar-refractivity contribution in [3.8, 4) is 0 Å². The van der Waals surface area contributed by atoms with E-state index in [9.17, 15) is 13.2 Å². The van der Waals surface area contributed by atoms with Gasteiger partial charge in [-0.2, -0.15) is 0 Å². The smallest absolute Gasteiger partial charge is 0.334 e. The number of aliphatic carboxylic acids is 1. The van der Waals surface area contributed by atoms with Crippen LogP contribution < -0.4 is 0 Å². The lowest BCUT2D eigenvalue weighted by Crippen LogP contribution is -2.13. The van der Waals surface area contributed by atoms with Crippen LogP contribution in [-0.2, 0) is 24.1 Å². The number of aryl methyl sites for hydroxylation is 1. The van der Waals surface area contributed by atoms with E-state index in [1.807, 2.05) is 6.92 Å². The zero-order chi connectivity index (χ0) is 15.9. The molecule has 7 heteroatoms. The topological polar surface area (TPSA) is 89.9 Å². The number of hydrogen-bond donors (Lipinski definition) is 1. The average Bonchev–Trinajstić information content (AvgIpc) is 2.42. The molecular weight excluding hydrogens is 296 g/mol. The lowest BCUT2D eigenvalue weighted by atomic mass is 10.2. The number of hydrogen-bond acceptors (Lipinski definition) is 5. The van der Waals surface area contributed by atoms with E-state index in [4.69, 9.17) is 14.6 Å². The highest BCUT2D eigenvalue weighted by molar-refractivity contribution is 7.94. The third kappa shape index (κ3) is 5.66. The van der Waals surface area contributed by atoms with Crippen LogP contribution in [0, 0.1) is 6.92 Å². The summed E-state index contributed by atoms with van der Waals surface area (Å²) < 4.78 is 34.1. The molecule has 0 aliphatic rings. The number of carbonyl (C=O) groups is 1. The molecule has 1 rings (SSSR count). The Morgan fingerprint density at radius 2 is 1.86 bits per heavy atom. The molecule has 0 aliphatic carbocycles. The number of ether oxygens (including phenoxy) is 2. The van der Waals surface area contributed by atoms with Crippen LogP contribution >= 0.6 is 0 Å². The van der Waals surface area contributed by atoms with E-state index >= 15 is 0 Å². The Hall–Kier alpha value is -1.70. The van der Waals surface area contributed by atoms with Crippen LogP contribution in [0.1, 0.15) is 5.56 Å². The Balaban J connectivity index is 2.92. The second kappa shape index (κ2) is 7.92. The molecular formula is C14H18O6S. The largest absolute Gasteiger partial charge is 0.478 e. The van der Waals surface area contributed by atoms with Crippen molar-refractivity contribution in [2.45, 2.75) is 11.8 Å². The first kappa shape index (κ1) is 17.4. The van der Waals surface area contributed by atoms with E-state index in [1.54, 1.807) is 12.1 Å². The van der Waals surface area contributed by atoms with Crippen LogP contribution in [0.15, 0.2) is 40.1 Å². The van der Waals surface area contributed by atoms with Crippen LogP contribution in [0.5, 0.6) is 0 Å². The highest BCUT2D eigenvalue weighted by atomic mass is 32.2. The fourth-order valence-corrected chi connectivity index (χ4v) is 2.65. The minimum atomic E-state index is -3.82. The number of sulfone groups is 1. The molecule has 116 valence electrons. The van der Waals surface area contributed by atoms with Gasteiger partial charge in [-0.25, -0.2) is 13.2 Å². The molecule has 0 fully saturated rings. The number of carboxylic acids is 1. The summed E-state index contributed by atoms with van der Waals surface area (Å²) in [6, 6.07) is 6.17. The molecule has 1 aromatic rings. The van der Waals surface area contributed by atoms with Gasteiger partial charge in [0.2, 0.25) is 0 Å². The van der Waals surface area contributed by atoms with Gasteiger partial charge in [-0.3, -0.25) is 0 Å². The summed E-state index contributed by atoms with van der Waals surface area (Å²) in [5, 5.41) is 9.77. The summed E-state index contributed by atoms with van der Waals surface area (Å²) >= 11 is 0. The predicted octanol–water partition coefficient (Wildman–Crippen LogP) is 1.40. The molecule has 0 aromatic heterocycles. The number of methoxy groups -OCH3 is 1. The van der Waals surface area contributed by atoms with E-state index in [2.05, 4.69) is 0 Å². The standard InChI is InChI=1S/C14H18O6S/c1-11-3-5-13(6-4-11)21(17,18)10-12(14(15)16)9-20-8-7-19-2/h3-6,10H,7-9H2,1-2H3,(H,15,16)/b12-10-. The van der Waals surface area contributed by atoms with Crippen LogP contribution in [-0.4, -0.2) is 46.4 Å². The zero-order valence-corrected chi connectivity index (χ0v) is 12.7. The molecule has 0 spiro atoms. The molecule has 0 bridgehead atoms. The van der Waals surface area contributed by atoms with Crippen LogP contribution in [0.3, 0.4) is 0 Å². The molecule has 6 nitrogen and oxygen atoms in total. The molecule has 0 unspecified atom stereocenters. The molecule has 0 saturated carbocycles. The van der Waals surface area contributed by atoms with Gasteiger partial charge in [0.25, 0.3) is 0 Å². The van der Waals surface area contributed by atoms with Gasteiger partial charge in [0.15, 0.2) is 9.84 Å². The fourth-order valence-electron chi connectivity index (χ4n) is 1.45. The first-order valence-corrected chi connectivity index (χ1v) is 7.74. The molecule has 1 N–H and O–H groups in total. The van der Waals surface area contributed by atoms with E-state index in [0.29, 0.717) is 6.61 Å². The quantitative estimate of drug-likeness (QED) is 0.576. The normalized spacial score (nSPS) is 12.4. The molecule has 1 aromatic carbocycles. The molecule has 0 saturated heterocycles. The van der Waals surface area contributed by atoms with Crippen molar-refractivity contribution in [2.75, 3.05) is 26.9 Å². The van der Waals surface area contributed by atoms with E-state index in [0.717, 1.165) is 11.0 Å². The first-order chi connectivity index (χ1) is 9.86. The van der Waals surface area contributed by atoms with Crippen molar-refractivity contribution < 1.29 is 27.8 Å². The Kier molecular flexibility index (Phi) is 6.54. The monoisotopic (exact) mass is 314 g/mol. The average molecular weight is 314 g/mol. The molecule has 0 radical (unpaired) electrons. The third-order valence-corrected chi connectivity index (χ3v) is 4.14. The van der Waals surface area contributed by atoms with Gasteiger partial charge in [0.1, 0.15) is 0 Å². The molecule has 0 amide bonds. The van der Waals surface area contributed by atoms with Gasteiger partial charge in [-0.05, 0) is 19.1 Å². The first-order valence-electron chi connectivity index (χ1n) is 6.19. The summed E-state index contributed by atoms with van der Waals surface area (Å²) in [4.78, 5) is 11.1. The molecule has 0 atom stereocenters. The minimum Gasteiger partial charge on any atom is -0.478 e. The number of rotatable bonds is 8. The molecule has 0 aliphatic heterocycles. The van der Waals surface area contributed by atoms with Crippen LogP contribution in [0.2, 0.25) is 0 Å². The molecule has 0 heterocycles. The summed E-state index contributed by atoms with van der Waals surface area (Å²) in [7, 11) is -2.33. The van der Waals surface area contributed by atoms with E-state index < -0.39 is 15.8 Å². The van der Waals surface area contributed by atoms with Gasteiger partial charge in [0, 0.05) is 12.5 Å². The second-order valence-corrected chi connectivity index (χ2v) is 6.15. The highest BCUT2D eigenvalue weighted by Crippen LogP contribution is 2.15. The fraction of sp³-hybridized carbons (Fsp3) is 0.357. The predicted molar refractivity (Wildman–Crippen MR) is 76.8 cm³/mol. The summed E-state index contributed by atoms with van der Waals surface area (Å²) in [5.74, 6) is -1.33. The number of benzene rings is 1. The summed E-state index contributed by atoms with van der Waals surface area (Å²) in [6.07, 6.45) is 0. The summed E-state index contributed by atoms with van der Waals surface area (Å²) in [6.45, 7) is 2.02. The van der Waals surface area contributed by atoms with E-state index in [-0.39, 0.29) is 23.7 Å². The summed E-state index contributed by atoms with van der Waals surface area (Å²) in [5.41, 5.74) is 0.589. The lowest BCUT2D eigenvalue weighted by Gasteiger charge is -2.06. The Bertz CT molecular complexity index is 601. The maximum atomic E-state index is 12.1. The maximum Gasteiger partial charge on any atom is 0.334 e. The SMILES string of the molecule is COCCOC/C(=C/S(=O)(=O)c1ccc(C)cc1)C(=O)O. The van der Waals surface area contributed by atoms with Crippen molar-refractivity contribution in [3.05, 3.63) is 40.8 Å². The van der Waals surface area contributed by atoms with Crippen molar-refractivity contribution in [1.82, 2.24) is 0 Å². The third-order valence-electron chi connectivity index (χ3n) is 2.61. The van der Waals surface area contributed by atoms with Gasteiger partial charge in [-0.1, -0.05) is 17.7 Å². The van der Waals surface area contributed by atoms with E-state index in [1.165, 1.54) is 19.2 Å². The second-order valence-electron chi connectivity index (χ2n) is 4.35. The highest BCUT2D eigenvalue weighted by Gasteiger charge is 2.16. The minimum absolute atomic E-state index is 0.0451. The molecule has 21 heavy (non-hydrogen) atoms. The zero-order valence-electron chi connectivity index (χ0n) is 11.9. The Labute approximate surface area is 123 Å². The van der Waals surface area contributed by atoms with Gasteiger partial charge >= 0.3 is 5.97 Å². The van der Waals surface area contributed by atoms with Gasteiger partial charge in [0.05, 0.1) is 30.3 Å². The van der Waals surface area contributed by atoms with Gasteiger partial charge < -0.3 is 14.6 Å². The number of carboxylic acid groups (broad SMARTS) is 1. The van der Waals surface area contributed by atoms with Crippen molar-refractivity contribution in [3.63, 3.8) is 0 Å². The van der Waals surface area contributed by atoms with Crippen LogP contribution in [0.25, 0.3) is 0 Å². The van der Waals surface area contributed by atoms with Gasteiger partial charge in [-0.15, -0.1) is 0 Å². The Morgan fingerprint density at radius 1 is 1.24 bits per heavy atom. The van der Waals surface area contributed by atoms with Crippen molar-refractivity contribution >= 4 is 15.8 Å². The Morgan fingerprint density at radius 3 is 2.38 bits per heavy atom. The van der Waals surface area contributed by atoms with Crippen LogP contribution in [0.4, 0.5) is 0 Å². The van der Waals surface area contributed by atoms with Crippen molar-refractivity contribution in [2.24, 2.45) is 0 Å². The lowest BCUT2D eigenvalue weighted by molar-refractivity contribution is -0.133.